The van der Waals surface area contributed by atoms with Crippen LogP contribution in [0, 0.1) is 5.92 Å². The van der Waals surface area contributed by atoms with Crippen molar-refractivity contribution in [3.05, 3.63) is 66.2 Å². The highest BCUT2D eigenvalue weighted by atomic mass is 16.7. The van der Waals surface area contributed by atoms with Crippen molar-refractivity contribution in [1.82, 2.24) is 0 Å². The summed E-state index contributed by atoms with van der Waals surface area (Å²) >= 11 is 0. The Balaban J connectivity index is 1.59. The average Bonchev–Trinajstić information content (AvgIpc) is 3.32. The van der Waals surface area contributed by atoms with Crippen LogP contribution in [-0.2, 0) is 14.4 Å². The molecule has 5 rings (SSSR count). The van der Waals surface area contributed by atoms with E-state index in [2.05, 4.69) is 5.16 Å². The number of oxime groups is 1. The smallest absolute Gasteiger partial charge is 0.278 e. The van der Waals surface area contributed by atoms with Crippen LogP contribution in [0.3, 0.4) is 0 Å². The molecular formula is C23H18N2O5. The second-order valence-corrected chi connectivity index (χ2v) is 7.03. The minimum atomic E-state index is -0.998. The maximum absolute atomic E-state index is 13.5. The molecule has 2 atom stereocenters. The molecule has 2 aliphatic heterocycles. The van der Waals surface area contributed by atoms with Gasteiger partial charge < -0.3 is 14.3 Å². The Morgan fingerprint density at radius 1 is 0.900 bits per heavy atom. The molecule has 0 spiro atoms. The van der Waals surface area contributed by atoms with Gasteiger partial charge in [0.2, 0.25) is 12.0 Å². The van der Waals surface area contributed by atoms with Crippen molar-refractivity contribution in [3.63, 3.8) is 0 Å². The van der Waals surface area contributed by atoms with E-state index in [-0.39, 0.29) is 5.91 Å². The van der Waals surface area contributed by atoms with Crippen LogP contribution in [0.5, 0.6) is 11.5 Å². The lowest BCUT2D eigenvalue weighted by molar-refractivity contribution is -0.126. The minimum Gasteiger partial charge on any atom is -0.493 e. The summed E-state index contributed by atoms with van der Waals surface area (Å²) in [6.45, 7) is 0. The number of para-hydroxylation sites is 1. The third-order valence-corrected chi connectivity index (χ3v) is 5.50. The van der Waals surface area contributed by atoms with Gasteiger partial charge >= 0.3 is 0 Å². The van der Waals surface area contributed by atoms with Gasteiger partial charge in [-0.1, -0.05) is 47.6 Å². The third-order valence-electron chi connectivity index (χ3n) is 5.50. The highest BCUT2D eigenvalue weighted by Crippen LogP contribution is 2.41. The number of benzene rings is 3. The van der Waals surface area contributed by atoms with Crippen molar-refractivity contribution in [2.75, 3.05) is 19.1 Å². The third kappa shape index (κ3) is 2.48. The van der Waals surface area contributed by atoms with Gasteiger partial charge in [-0.15, -0.1) is 0 Å². The Morgan fingerprint density at radius 3 is 2.47 bits per heavy atom. The van der Waals surface area contributed by atoms with Gasteiger partial charge in [0.15, 0.2) is 11.5 Å². The zero-order valence-electron chi connectivity index (χ0n) is 16.4. The summed E-state index contributed by atoms with van der Waals surface area (Å²) in [4.78, 5) is 33.2. The number of fused-ring (bicyclic) bond motifs is 2. The SMILES string of the molecule is COc1cccc(C2=NO[C@H]3C(=O)N(c4cccc5ccccc45)C(=O)[C@@H]23)c1OC. The molecule has 0 N–H and O–H groups in total. The van der Waals surface area contributed by atoms with Gasteiger partial charge in [0, 0.05) is 10.9 Å². The molecule has 150 valence electrons. The summed E-state index contributed by atoms with van der Waals surface area (Å²) in [6, 6.07) is 18.4. The standard InChI is InChI=1S/C23H18N2O5/c1-28-17-12-6-10-15(20(17)29-2)19-18-21(30-24-19)23(27)25(22(18)26)16-11-5-8-13-7-3-4-9-14(13)16/h3-12,18,21H,1-2H3/t18-,21+/m0/s1. The molecule has 0 unspecified atom stereocenters. The first-order valence-electron chi connectivity index (χ1n) is 9.46. The Morgan fingerprint density at radius 2 is 1.67 bits per heavy atom. The van der Waals surface area contributed by atoms with E-state index in [1.807, 2.05) is 36.4 Å². The fourth-order valence-electron chi connectivity index (χ4n) is 4.13. The van der Waals surface area contributed by atoms with E-state index >= 15 is 0 Å². The zero-order valence-corrected chi connectivity index (χ0v) is 16.4. The number of imide groups is 1. The molecule has 0 saturated carbocycles. The molecule has 2 aliphatic rings. The van der Waals surface area contributed by atoms with E-state index in [1.54, 1.807) is 24.3 Å². The monoisotopic (exact) mass is 402 g/mol. The van der Waals surface area contributed by atoms with Crippen molar-refractivity contribution in [3.8, 4) is 11.5 Å². The van der Waals surface area contributed by atoms with Gasteiger partial charge in [0.1, 0.15) is 11.6 Å². The number of amides is 2. The molecule has 7 nitrogen and oxygen atoms in total. The van der Waals surface area contributed by atoms with Crippen LogP contribution in [0.4, 0.5) is 5.69 Å². The molecule has 0 aliphatic carbocycles. The van der Waals surface area contributed by atoms with Crippen molar-refractivity contribution in [2.45, 2.75) is 6.10 Å². The van der Waals surface area contributed by atoms with Crippen molar-refractivity contribution < 1.29 is 23.9 Å². The molecule has 1 fully saturated rings. The Labute approximate surface area is 172 Å². The highest BCUT2D eigenvalue weighted by Gasteiger charge is 2.56. The van der Waals surface area contributed by atoms with Crippen LogP contribution in [0.25, 0.3) is 10.8 Å². The number of nitrogens with zero attached hydrogens (tertiary/aromatic N) is 2. The largest absolute Gasteiger partial charge is 0.493 e. The summed E-state index contributed by atoms with van der Waals surface area (Å²) in [7, 11) is 3.04. The van der Waals surface area contributed by atoms with Crippen LogP contribution in [0.15, 0.2) is 65.8 Å². The van der Waals surface area contributed by atoms with Crippen molar-refractivity contribution >= 4 is 34.0 Å². The topological polar surface area (TPSA) is 77.4 Å². The lowest BCUT2D eigenvalue weighted by Crippen LogP contribution is -2.33. The van der Waals surface area contributed by atoms with Crippen LogP contribution in [-0.4, -0.2) is 37.8 Å². The number of carbonyl (C=O) groups is 2. The van der Waals surface area contributed by atoms with E-state index in [9.17, 15) is 9.59 Å². The first-order valence-corrected chi connectivity index (χ1v) is 9.46. The molecule has 1 saturated heterocycles. The van der Waals surface area contributed by atoms with E-state index in [4.69, 9.17) is 14.3 Å². The summed E-state index contributed by atoms with van der Waals surface area (Å²) in [5.41, 5.74) is 1.46. The summed E-state index contributed by atoms with van der Waals surface area (Å²) < 4.78 is 10.8. The average molecular weight is 402 g/mol. The van der Waals surface area contributed by atoms with Gasteiger partial charge in [-0.05, 0) is 23.6 Å². The first-order chi connectivity index (χ1) is 14.7. The Kier molecular flexibility index (Phi) is 4.17. The van der Waals surface area contributed by atoms with Gasteiger partial charge in [0.25, 0.3) is 5.91 Å². The predicted octanol–water partition coefficient (Wildman–Crippen LogP) is 3.15. The van der Waals surface area contributed by atoms with E-state index in [0.717, 1.165) is 10.8 Å². The lowest BCUT2D eigenvalue weighted by Gasteiger charge is -2.18. The molecule has 3 aromatic carbocycles. The second kappa shape index (κ2) is 6.88. The molecule has 3 aromatic rings. The predicted molar refractivity (Wildman–Crippen MR) is 111 cm³/mol. The fraction of sp³-hybridized carbons (Fsp3) is 0.174. The van der Waals surface area contributed by atoms with Gasteiger partial charge in [0.05, 0.1) is 19.9 Å². The minimum absolute atomic E-state index is 0.358. The summed E-state index contributed by atoms with van der Waals surface area (Å²) in [5, 5.41) is 5.84. The zero-order chi connectivity index (χ0) is 20.8. The second-order valence-electron chi connectivity index (χ2n) is 7.03. The number of hydrogen-bond donors (Lipinski definition) is 0. The molecule has 0 bridgehead atoms. The lowest BCUT2D eigenvalue weighted by atomic mass is 9.93. The van der Waals surface area contributed by atoms with E-state index < -0.39 is 17.9 Å². The molecule has 30 heavy (non-hydrogen) atoms. The maximum atomic E-state index is 13.5. The number of anilines is 1. The van der Waals surface area contributed by atoms with Gasteiger partial charge in [-0.3, -0.25) is 9.59 Å². The molecule has 0 aromatic heterocycles. The summed E-state index contributed by atoms with van der Waals surface area (Å²) in [5.74, 6) is -0.711. The van der Waals surface area contributed by atoms with Crippen LogP contribution >= 0.6 is 0 Å². The van der Waals surface area contributed by atoms with Crippen LogP contribution in [0.2, 0.25) is 0 Å². The number of hydrogen-bond acceptors (Lipinski definition) is 6. The van der Waals surface area contributed by atoms with Crippen molar-refractivity contribution in [1.29, 1.82) is 0 Å². The normalized spacial score (nSPS) is 20.2. The molecule has 2 amide bonds. The van der Waals surface area contributed by atoms with Gasteiger partial charge in [-0.25, -0.2) is 4.90 Å². The number of rotatable bonds is 4. The maximum Gasteiger partial charge on any atom is 0.278 e. The van der Waals surface area contributed by atoms with Crippen LogP contribution in [0.1, 0.15) is 5.56 Å². The molecule has 7 heteroatoms. The highest BCUT2D eigenvalue weighted by molar-refractivity contribution is 6.34. The number of methoxy groups -OCH3 is 2. The van der Waals surface area contributed by atoms with Crippen LogP contribution < -0.4 is 14.4 Å². The number of ether oxygens (including phenoxy) is 2. The molecule has 2 heterocycles. The fourth-order valence-corrected chi connectivity index (χ4v) is 4.13. The Bertz CT molecular complexity index is 1210. The summed E-state index contributed by atoms with van der Waals surface area (Å²) in [6.07, 6.45) is -0.998. The van der Waals surface area contributed by atoms with E-state index in [0.29, 0.717) is 28.5 Å². The Hall–Kier alpha value is -3.87. The van der Waals surface area contributed by atoms with E-state index in [1.165, 1.54) is 19.1 Å². The molecule has 0 radical (unpaired) electrons. The quantitative estimate of drug-likeness (QED) is 0.627. The van der Waals surface area contributed by atoms with Gasteiger partial charge in [-0.2, -0.15) is 0 Å². The number of carbonyl (C=O) groups excluding carboxylic acids is 2. The molecular weight excluding hydrogens is 384 g/mol. The first kappa shape index (κ1) is 18.2. The van der Waals surface area contributed by atoms with Crippen molar-refractivity contribution in [2.24, 2.45) is 11.1 Å².